The van der Waals surface area contributed by atoms with Crippen LogP contribution in [0.5, 0.6) is 0 Å². The molecule has 0 spiro atoms. The molecule has 1 aliphatic carbocycles. The summed E-state index contributed by atoms with van der Waals surface area (Å²) in [6.45, 7) is 8.82. The maximum Gasteiger partial charge on any atom is 1.00 e. The zero-order valence-corrected chi connectivity index (χ0v) is 34.9. The Hall–Kier alpha value is -2.74. The molecule has 2 heterocycles. The third kappa shape index (κ3) is 8.79. The Morgan fingerprint density at radius 3 is 2.10 bits per heavy atom. The summed E-state index contributed by atoms with van der Waals surface area (Å²) in [5.41, 5.74) is 7.55. The Morgan fingerprint density at radius 2 is 1.40 bits per heavy atom. The fraction of sp³-hybridized carbons (Fsp3) is 0.325. The molecule has 0 bridgehead atoms. The van der Waals surface area contributed by atoms with Crippen LogP contribution in [0.2, 0.25) is 0 Å². The van der Waals surface area contributed by atoms with Crippen molar-refractivity contribution in [3.05, 3.63) is 136 Å². The summed E-state index contributed by atoms with van der Waals surface area (Å²) in [7, 11) is -8.33. The van der Waals surface area contributed by atoms with Gasteiger partial charge in [0.05, 0.1) is 11.2 Å². The van der Waals surface area contributed by atoms with E-state index >= 15 is 0 Å². The van der Waals surface area contributed by atoms with Gasteiger partial charge < -0.3 is 4.90 Å². The molecule has 0 saturated carbocycles. The first-order valence-electron chi connectivity index (χ1n) is 17.1. The van der Waals surface area contributed by atoms with Crippen LogP contribution in [0, 0.1) is 0 Å². The van der Waals surface area contributed by atoms with Crippen molar-refractivity contribution in [1.82, 2.24) is 0 Å². The Morgan fingerprint density at radius 1 is 0.769 bits per heavy atom. The summed E-state index contributed by atoms with van der Waals surface area (Å²) in [5.74, 6) is -0.759. The first-order valence-corrected chi connectivity index (χ1v) is 21.2. The number of para-hydroxylation sites is 2. The Kier molecular flexibility index (Phi) is 12.4. The molecule has 0 radical (unpaired) electrons. The van der Waals surface area contributed by atoms with Crippen molar-refractivity contribution in [2.24, 2.45) is 0 Å². The van der Waals surface area contributed by atoms with Gasteiger partial charge in [-0.3, -0.25) is 9.11 Å². The molecular formula is C40H45N2NaO6S3+2. The van der Waals surface area contributed by atoms with Crippen LogP contribution in [0.15, 0.2) is 130 Å². The van der Waals surface area contributed by atoms with E-state index < -0.39 is 31.1 Å². The van der Waals surface area contributed by atoms with Gasteiger partial charge in [-0.15, -0.1) is 0 Å². The summed E-state index contributed by atoms with van der Waals surface area (Å²) in [6.07, 6.45) is 11.2. The second kappa shape index (κ2) is 15.9. The van der Waals surface area contributed by atoms with Gasteiger partial charge in [-0.1, -0.05) is 92.4 Å². The molecule has 2 N–H and O–H groups in total. The largest absolute Gasteiger partial charge is 1.00 e. The van der Waals surface area contributed by atoms with Crippen molar-refractivity contribution in [3.8, 4) is 0 Å². The van der Waals surface area contributed by atoms with E-state index in [9.17, 15) is 25.9 Å². The molecule has 3 aliphatic rings. The number of nitrogens with zero attached hydrogens (tertiary/aromatic N) is 2. The van der Waals surface area contributed by atoms with Crippen molar-refractivity contribution in [2.75, 3.05) is 29.5 Å². The van der Waals surface area contributed by atoms with E-state index in [4.69, 9.17) is 0 Å². The van der Waals surface area contributed by atoms with E-state index in [0.717, 1.165) is 63.0 Å². The molecule has 3 aromatic rings. The van der Waals surface area contributed by atoms with E-state index in [2.05, 4.69) is 76.3 Å². The van der Waals surface area contributed by atoms with Gasteiger partial charge in [0.2, 0.25) is 5.69 Å². The maximum atomic E-state index is 11.8. The molecular weight excluding hydrogens is 724 g/mol. The maximum absolute atomic E-state index is 11.8. The monoisotopic (exact) mass is 768 g/mol. The molecule has 0 atom stereocenters. The zero-order valence-electron chi connectivity index (χ0n) is 30.4. The minimum Gasteiger partial charge on any atom is -0.343 e. The smallest absolute Gasteiger partial charge is 0.343 e. The van der Waals surface area contributed by atoms with Crippen LogP contribution in [0.1, 0.15) is 58.1 Å². The SMILES string of the molecule is CC1(C)C(/C=C/C2=C(Sc3ccccc3)C(=C/C=C3/N(CCS(=O)(=O)O)c4ccccc4C3(C)C)/CCC2)=[N+](CCS(=O)(=O)O)c2ccccc21.[Na+]. The van der Waals surface area contributed by atoms with Gasteiger partial charge in [0, 0.05) is 50.9 Å². The number of thioether (sulfide) groups is 1. The van der Waals surface area contributed by atoms with Gasteiger partial charge in [-0.2, -0.15) is 21.4 Å². The predicted molar refractivity (Wildman–Crippen MR) is 207 cm³/mol. The van der Waals surface area contributed by atoms with Crippen molar-refractivity contribution < 1.29 is 60.1 Å². The molecule has 8 nitrogen and oxygen atoms in total. The van der Waals surface area contributed by atoms with Gasteiger partial charge >= 0.3 is 29.6 Å². The van der Waals surface area contributed by atoms with Gasteiger partial charge in [-0.05, 0) is 74.1 Å². The fourth-order valence-corrected chi connectivity index (χ4v) is 9.45. The van der Waals surface area contributed by atoms with Crippen LogP contribution in [-0.4, -0.2) is 60.8 Å². The molecule has 0 saturated heterocycles. The number of hydrogen-bond donors (Lipinski definition) is 2. The Labute approximate surface area is 334 Å². The third-order valence-electron chi connectivity index (χ3n) is 10.1. The van der Waals surface area contributed by atoms with Crippen molar-refractivity contribution in [2.45, 2.75) is 62.7 Å². The second-order valence-electron chi connectivity index (χ2n) is 14.2. The van der Waals surface area contributed by atoms with Crippen LogP contribution >= 0.6 is 11.8 Å². The minimum atomic E-state index is -4.17. The van der Waals surface area contributed by atoms with E-state index in [1.54, 1.807) is 11.8 Å². The molecule has 0 amide bonds. The molecule has 12 heteroatoms. The van der Waals surface area contributed by atoms with Crippen LogP contribution in [-0.2, 0) is 31.1 Å². The fourth-order valence-electron chi connectivity index (χ4n) is 7.49. The number of anilines is 1. The summed E-state index contributed by atoms with van der Waals surface area (Å²) in [6, 6.07) is 26.3. The Bertz CT molecular complexity index is 2220. The molecule has 52 heavy (non-hydrogen) atoms. The second-order valence-corrected chi connectivity index (χ2v) is 18.5. The van der Waals surface area contributed by atoms with E-state index in [0.29, 0.717) is 0 Å². The van der Waals surface area contributed by atoms with E-state index in [1.807, 2.05) is 64.1 Å². The van der Waals surface area contributed by atoms with Gasteiger partial charge in [0.25, 0.3) is 20.2 Å². The molecule has 2 aliphatic heterocycles. The quantitative estimate of drug-likeness (QED) is 0.155. The van der Waals surface area contributed by atoms with Crippen LogP contribution in [0.25, 0.3) is 0 Å². The average molecular weight is 769 g/mol. The number of hydrogen-bond acceptors (Lipinski definition) is 6. The summed E-state index contributed by atoms with van der Waals surface area (Å²) in [5, 5.41) is 0. The summed E-state index contributed by atoms with van der Waals surface area (Å²) < 4.78 is 68.6. The Balaban J connectivity index is 0.00000523. The van der Waals surface area contributed by atoms with Crippen molar-refractivity contribution >= 4 is 49.1 Å². The van der Waals surface area contributed by atoms with Gasteiger partial charge in [0.15, 0.2) is 12.3 Å². The van der Waals surface area contributed by atoms with Crippen molar-refractivity contribution in [3.63, 3.8) is 0 Å². The summed E-state index contributed by atoms with van der Waals surface area (Å²) in [4.78, 5) is 4.27. The van der Waals surface area contributed by atoms with E-state index in [-0.39, 0.29) is 54.2 Å². The molecule has 0 unspecified atom stereocenters. The van der Waals surface area contributed by atoms with Crippen molar-refractivity contribution in [1.29, 1.82) is 0 Å². The van der Waals surface area contributed by atoms with Gasteiger partial charge in [0.1, 0.15) is 5.75 Å². The predicted octanol–water partition coefficient (Wildman–Crippen LogP) is 5.24. The van der Waals surface area contributed by atoms with E-state index in [1.165, 1.54) is 11.1 Å². The molecule has 3 aromatic carbocycles. The molecule has 6 rings (SSSR count). The first-order chi connectivity index (χ1) is 24.1. The number of allylic oxidation sites excluding steroid dienone is 7. The molecule has 268 valence electrons. The van der Waals surface area contributed by atoms with Gasteiger partial charge in [-0.25, -0.2) is 0 Å². The first kappa shape index (κ1) is 40.4. The third-order valence-corrected chi connectivity index (χ3v) is 12.7. The topological polar surface area (TPSA) is 115 Å². The standard InChI is InChI=1S/C40H44N2O6S3.Na/c1-39(2)32-17-8-10-19-34(32)41(25-27-50(43,44)45)36(39)23-21-29-13-12-14-30(38(29)49-31-15-6-5-7-16-31)22-24-37-40(3,4)33-18-9-11-20-35(33)42(37)26-28-51(46,47)48;/h5-11,15-24H,12-14,25-28H2,1-4H3,(H-,43,44,45,46,47,48);/q;+1/p+1. The van der Waals surface area contributed by atoms with Crippen LogP contribution < -0.4 is 34.5 Å². The van der Waals surface area contributed by atoms with Crippen LogP contribution in [0.4, 0.5) is 11.4 Å². The summed E-state index contributed by atoms with van der Waals surface area (Å²) >= 11 is 1.72. The molecule has 0 aromatic heterocycles. The number of benzene rings is 3. The zero-order chi connectivity index (χ0) is 36.6. The minimum absolute atomic E-state index is 0. The molecule has 0 fully saturated rings. The number of fused-ring (bicyclic) bond motifs is 2. The van der Waals surface area contributed by atoms with Crippen LogP contribution in [0.3, 0.4) is 0 Å². The normalized spacial score (nSPS) is 19.8. The average Bonchev–Trinajstić information content (AvgIpc) is 3.43. The number of rotatable bonds is 11.